The van der Waals surface area contributed by atoms with Crippen molar-refractivity contribution < 1.29 is 4.79 Å². The normalized spacial score (nSPS) is 17.9. The van der Waals surface area contributed by atoms with Crippen molar-refractivity contribution in [1.82, 2.24) is 19.4 Å². The van der Waals surface area contributed by atoms with Crippen LogP contribution in [0.1, 0.15) is 34.1 Å². The number of rotatable bonds is 2. The first kappa shape index (κ1) is 13.0. The average molecular weight is 272 g/mol. The highest BCUT2D eigenvalue weighted by molar-refractivity contribution is 5.93. The molecule has 0 saturated heterocycles. The van der Waals surface area contributed by atoms with E-state index in [0.717, 1.165) is 42.3 Å². The van der Waals surface area contributed by atoms with E-state index >= 15 is 0 Å². The molecular weight excluding hydrogens is 252 g/mol. The number of aromatic nitrogens is 3. The molecule has 0 radical (unpaired) electrons. The lowest BCUT2D eigenvalue weighted by Gasteiger charge is -2.24. The number of imidazole rings is 1. The van der Waals surface area contributed by atoms with Gasteiger partial charge in [-0.05, 0) is 32.4 Å². The Morgan fingerprint density at radius 3 is 2.90 bits per heavy atom. The lowest BCUT2D eigenvalue weighted by atomic mass is 10.1. The fourth-order valence-electron chi connectivity index (χ4n) is 2.80. The third-order valence-corrected chi connectivity index (χ3v) is 4.05. The van der Waals surface area contributed by atoms with E-state index < -0.39 is 0 Å². The lowest BCUT2D eigenvalue weighted by molar-refractivity contribution is 0.0919. The molecule has 1 N–H and O–H groups in total. The van der Waals surface area contributed by atoms with Crippen LogP contribution in [0.4, 0.5) is 0 Å². The van der Waals surface area contributed by atoms with Gasteiger partial charge in [0.25, 0.3) is 5.91 Å². The molecule has 1 aliphatic rings. The number of carbonyl (C=O) groups excluding carboxylic acids is 1. The van der Waals surface area contributed by atoms with Crippen LogP contribution in [-0.2, 0) is 20.0 Å². The van der Waals surface area contributed by atoms with Crippen LogP contribution in [0.3, 0.4) is 0 Å². The van der Waals surface area contributed by atoms with Crippen molar-refractivity contribution in [1.29, 1.82) is 0 Å². The van der Waals surface area contributed by atoms with Gasteiger partial charge in [0.15, 0.2) is 0 Å². The SMILES string of the molecule is Cc1cn2c(n1)CC[C@@H](NC(=O)c1ccc(C)n1C)C2. The summed E-state index contributed by atoms with van der Waals surface area (Å²) in [6, 6.07) is 4.02. The van der Waals surface area contributed by atoms with Gasteiger partial charge in [0, 0.05) is 37.9 Å². The molecule has 5 nitrogen and oxygen atoms in total. The lowest BCUT2D eigenvalue weighted by Crippen LogP contribution is -2.41. The van der Waals surface area contributed by atoms with Crippen LogP contribution in [0.25, 0.3) is 0 Å². The first-order valence-electron chi connectivity index (χ1n) is 7.00. The number of nitrogens with zero attached hydrogens (tertiary/aromatic N) is 3. The van der Waals surface area contributed by atoms with Gasteiger partial charge in [-0.2, -0.15) is 0 Å². The second-order valence-electron chi connectivity index (χ2n) is 5.58. The van der Waals surface area contributed by atoms with Gasteiger partial charge in [-0.1, -0.05) is 0 Å². The molecule has 1 amide bonds. The van der Waals surface area contributed by atoms with Crippen molar-refractivity contribution >= 4 is 5.91 Å². The van der Waals surface area contributed by atoms with E-state index in [9.17, 15) is 4.79 Å². The van der Waals surface area contributed by atoms with Crippen molar-refractivity contribution in [2.45, 2.75) is 39.3 Å². The molecule has 0 fully saturated rings. The Morgan fingerprint density at radius 2 is 2.20 bits per heavy atom. The summed E-state index contributed by atoms with van der Waals surface area (Å²) in [5.74, 6) is 1.13. The van der Waals surface area contributed by atoms with Gasteiger partial charge in [-0.25, -0.2) is 4.98 Å². The van der Waals surface area contributed by atoms with Crippen molar-refractivity contribution in [3.63, 3.8) is 0 Å². The number of aryl methyl sites for hydroxylation is 3. The molecule has 1 aliphatic heterocycles. The maximum atomic E-state index is 12.3. The van der Waals surface area contributed by atoms with Crippen molar-refractivity contribution in [3.8, 4) is 0 Å². The van der Waals surface area contributed by atoms with Crippen molar-refractivity contribution in [2.24, 2.45) is 7.05 Å². The Hall–Kier alpha value is -2.04. The van der Waals surface area contributed by atoms with Crippen LogP contribution >= 0.6 is 0 Å². The molecule has 5 heteroatoms. The monoisotopic (exact) mass is 272 g/mol. The number of fused-ring (bicyclic) bond motifs is 1. The van der Waals surface area contributed by atoms with E-state index in [-0.39, 0.29) is 11.9 Å². The maximum absolute atomic E-state index is 12.3. The molecule has 3 heterocycles. The average Bonchev–Trinajstić information content (AvgIpc) is 2.92. The first-order chi connectivity index (χ1) is 9.54. The van der Waals surface area contributed by atoms with E-state index in [1.54, 1.807) is 0 Å². The highest BCUT2D eigenvalue weighted by atomic mass is 16.2. The molecule has 20 heavy (non-hydrogen) atoms. The minimum absolute atomic E-state index is 0.00545. The summed E-state index contributed by atoms with van der Waals surface area (Å²) in [6.45, 7) is 4.81. The van der Waals surface area contributed by atoms with Crippen LogP contribution in [0, 0.1) is 13.8 Å². The number of hydrogen-bond donors (Lipinski definition) is 1. The Bertz CT molecular complexity index is 653. The highest BCUT2D eigenvalue weighted by Crippen LogP contribution is 2.16. The molecule has 0 aromatic carbocycles. The Morgan fingerprint density at radius 1 is 1.40 bits per heavy atom. The summed E-state index contributed by atoms with van der Waals surface area (Å²) < 4.78 is 4.07. The molecule has 3 rings (SSSR count). The third kappa shape index (κ3) is 2.24. The van der Waals surface area contributed by atoms with Crippen LogP contribution in [0.15, 0.2) is 18.3 Å². The van der Waals surface area contributed by atoms with Crippen LogP contribution < -0.4 is 5.32 Å². The van der Waals surface area contributed by atoms with Gasteiger partial charge < -0.3 is 14.5 Å². The smallest absolute Gasteiger partial charge is 0.268 e. The minimum atomic E-state index is 0.00545. The summed E-state index contributed by atoms with van der Waals surface area (Å²) in [5, 5.41) is 3.13. The van der Waals surface area contributed by atoms with Crippen LogP contribution in [0.5, 0.6) is 0 Å². The second kappa shape index (κ2) is 4.81. The van der Waals surface area contributed by atoms with E-state index in [2.05, 4.69) is 21.1 Å². The Kier molecular flexibility index (Phi) is 3.12. The predicted octanol–water partition coefficient (Wildman–Crippen LogP) is 1.58. The van der Waals surface area contributed by atoms with Gasteiger partial charge >= 0.3 is 0 Å². The molecule has 106 valence electrons. The summed E-state index contributed by atoms with van der Waals surface area (Å²) in [6.07, 6.45) is 3.93. The van der Waals surface area contributed by atoms with E-state index in [1.165, 1.54) is 0 Å². The zero-order valence-corrected chi connectivity index (χ0v) is 12.2. The predicted molar refractivity (Wildman–Crippen MR) is 76.7 cm³/mol. The van der Waals surface area contributed by atoms with E-state index in [1.807, 2.05) is 37.6 Å². The van der Waals surface area contributed by atoms with E-state index in [4.69, 9.17) is 0 Å². The molecule has 0 unspecified atom stereocenters. The Labute approximate surface area is 118 Å². The quantitative estimate of drug-likeness (QED) is 0.902. The van der Waals surface area contributed by atoms with Gasteiger partial charge in [-0.3, -0.25) is 4.79 Å². The van der Waals surface area contributed by atoms with Crippen LogP contribution in [-0.4, -0.2) is 26.1 Å². The molecule has 1 atom stereocenters. The molecule has 0 saturated carbocycles. The molecule has 0 aliphatic carbocycles. The summed E-state index contributed by atoms with van der Waals surface area (Å²) >= 11 is 0. The summed E-state index contributed by atoms with van der Waals surface area (Å²) in [5.41, 5.74) is 2.85. The number of hydrogen-bond acceptors (Lipinski definition) is 2. The molecule has 2 aromatic heterocycles. The first-order valence-corrected chi connectivity index (χ1v) is 7.00. The molecule has 2 aromatic rings. The zero-order valence-electron chi connectivity index (χ0n) is 12.2. The second-order valence-corrected chi connectivity index (χ2v) is 5.58. The summed E-state index contributed by atoms with van der Waals surface area (Å²) in [4.78, 5) is 16.8. The van der Waals surface area contributed by atoms with Gasteiger partial charge in [0.1, 0.15) is 11.5 Å². The highest BCUT2D eigenvalue weighted by Gasteiger charge is 2.22. The minimum Gasteiger partial charge on any atom is -0.346 e. The number of nitrogens with one attached hydrogen (secondary N) is 1. The van der Waals surface area contributed by atoms with Crippen LogP contribution in [0.2, 0.25) is 0 Å². The molecule has 0 bridgehead atoms. The number of carbonyl (C=O) groups is 1. The van der Waals surface area contributed by atoms with Crippen molar-refractivity contribution in [3.05, 3.63) is 41.2 Å². The standard InChI is InChI=1S/C15H20N4O/c1-10-8-19-9-12(5-7-14(19)16-10)17-15(20)13-6-4-11(2)18(13)3/h4,6,8,12H,5,7,9H2,1-3H3,(H,17,20)/t12-/m1/s1. The third-order valence-electron chi connectivity index (χ3n) is 4.05. The fraction of sp³-hybridized carbons (Fsp3) is 0.467. The summed E-state index contributed by atoms with van der Waals surface area (Å²) in [7, 11) is 1.92. The van der Waals surface area contributed by atoms with Gasteiger partial charge in [-0.15, -0.1) is 0 Å². The van der Waals surface area contributed by atoms with E-state index in [0.29, 0.717) is 0 Å². The number of amides is 1. The maximum Gasteiger partial charge on any atom is 0.268 e. The molecule has 0 spiro atoms. The molecular formula is C15H20N4O. The van der Waals surface area contributed by atoms with Gasteiger partial charge in [0.05, 0.1) is 5.69 Å². The van der Waals surface area contributed by atoms with Gasteiger partial charge in [0.2, 0.25) is 0 Å². The largest absolute Gasteiger partial charge is 0.346 e. The Balaban J connectivity index is 1.70. The zero-order chi connectivity index (χ0) is 14.3. The topological polar surface area (TPSA) is 51.9 Å². The van der Waals surface area contributed by atoms with Crippen molar-refractivity contribution in [2.75, 3.05) is 0 Å². The fourth-order valence-corrected chi connectivity index (χ4v) is 2.80.